The maximum absolute atomic E-state index is 14.0. The Bertz CT molecular complexity index is 1770. The van der Waals surface area contributed by atoms with Crippen molar-refractivity contribution in [2.75, 3.05) is 26.2 Å². The summed E-state index contributed by atoms with van der Waals surface area (Å²) >= 11 is 13.2. The number of nitrogens with zero attached hydrogens (tertiary/aromatic N) is 3. The van der Waals surface area contributed by atoms with Crippen molar-refractivity contribution in [3.63, 3.8) is 0 Å². The van der Waals surface area contributed by atoms with E-state index >= 15 is 0 Å². The van der Waals surface area contributed by atoms with Crippen molar-refractivity contribution in [2.24, 2.45) is 5.73 Å². The number of guanidine groups is 1. The van der Waals surface area contributed by atoms with Crippen molar-refractivity contribution in [3.8, 4) is 5.75 Å². The zero-order chi connectivity index (χ0) is 33.7. The van der Waals surface area contributed by atoms with Gasteiger partial charge in [-0.25, -0.2) is 13.4 Å². The molecule has 1 atom stereocenters. The molecule has 3 heterocycles. The quantitative estimate of drug-likeness (QED) is 0.122. The van der Waals surface area contributed by atoms with Crippen LogP contribution in [-0.2, 0) is 26.2 Å². The van der Waals surface area contributed by atoms with E-state index < -0.39 is 16.1 Å². The number of amides is 2. The molecule has 2 aromatic carbocycles. The summed E-state index contributed by atoms with van der Waals surface area (Å²) in [5.74, 6) is 0.0410. The number of aromatic nitrogens is 1. The number of halogens is 4. The summed E-state index contributed by atoms with van der Waals surface area (Å²) in [6.07, 6.45) is 2.95. The number of ether oxygens (including phenoxy) is 1. The molecule has 5 rings (SSSR count). The highest BCUT2D eigenvalue weighted by molar-refractivity contribution is 7.89. The van der Waals surface area contributed by atoms with Gasteiger partial charge in [-0.1, -0.05) is 41.4 Å². The predicted molar refractivity (Wildman–Crippen MR) is 196 cm³/mol. The molecule has 0 radical (unpaired) electrons. The van der Waals surface area contributed by atoms with Crippen LogP contribution in [0.1, 0.15) is 49.8 Å². The third-order valence-electron chi connectivity index (χ3n) is 8.51. The maximum atomic E-state index is 14.0. The highest BCUT2D eigenvalue weighted by Crippen LogP contribution is 2.36. The van der Waals surface area contributed by atoms with Gasteiger partial charge >= 0.3 is 0 Å². The average Bonchev–Trinajstić information content (AvgIpc) is 3.55. The lowest BCUT2D eigenvalue weighted by molar-refractivity contribution is -0.132. The Kier molecular flexibility index (Phi) is 14.6. The Morgan fingerprint density at radius 2 is 1.80 bits per heavy atom. The molecule has 5 N–H and O–H groups in total. The highest BCUT2D eigenvalue weighted by atomic mass is 35.5. The van der Waals surface area contributed by atoms with E-state index in [-0.39, 0.29) is 76.7 Å². The van der Waals surface area contributed by atoms with Crippen LogP contribution < -0.4 is 21.1 Å². The number of benzene rings is 2. The molecule has 0 aliphatic carbocycles. The van der Waals surface area contributed by atoms with E-state index in [4.69, 9.17) is 39.1 Å². The Hall–Kier alpha value is -3.07. The van der Waals surface area contributed by atoms with Crippen LogP contribution in [0.25, 0.3) is 10.9 Å². The van der Waals surface area contributed by atoms with Gasteiger partial charge in [-0.2, -0.15) is 4.31 Å². The van der Waals surface area contributed by atoms with Crippen molar-refractivity contribution in [3.05, 3.63) is 63.8 Å². The SMILES string of the molecule is Cc1ccc2cccc(OCc3c(Cl)ccc(S(=O)(=O)N4CCC[C@H]4C(=O)NC4CCN(C(=O)CCCNC(=N)N)CC4)c3Cl)c2n1.Cl.Cl. The van der Waals surface area contributed by atoms with Crippen molar-refractivity contribution in [2.45, 2.75) is 69.0 Å². The number of pyridine rings is 1. The minimum Gasteiger partial charge on any atom is -0.487 e. The number of rotatable bonds is 11. The van der Waals surface area contributed by atoms with Crippen molar-refractivity contribution < 1.29 is 22.7 Å². The molecule has 0 bridgehead atoms. The van der Waals surface area contributed by atoms with Crippen LogP contribution in [0.3, 0.4) is 0 Å². The standard InChI is InChI=1S/C32H39Cl2N7O5S.2ClH/c1-20-9-10-21-5-2-7-26(30(21)38-20)46-19-23-24(33)11-12-27(29(23)34)47(44,45)41-16-4-6-25(41)31(43)39-22-13-17-40(18-14-22)28(42)8-3-15-37-32(35)36;;/h2,5,7,9-12,22,25H,3-4,6,8,13-19H2,1H3,(H,39,43)(H4,35,36,37);2*1H/t25-;;/m0../s1. The van der Waals surface area contributed by atoms with E-state index in [1.807, 2.05) is 31.2 Å². The van der Waals surface area contributed by atoms with Crippen molar-refractivity contribution >= 4 is 86.7 Å². The lowest BCUT2D eigenvalue weighted by atomic mass is 10.0. The number of aryl methyl sites for hydroxylation is 1. The molecule has 17 heteroatoms. The molecule has 1 aromatic heterocycles. The lowest BCUT2D eigenvalue weighted by Crippen LogP contribution is -2.52. The number of sulfonamides is 1. The molecular weight excluding hydrogens is 736 g/mol. The second kappa shape index (κ2) is 17.7. The van der Waals surface area contributed by atoms with Gasteiger partial charge in [0, 0.05) is 60.3 Å². The molecule has 3 aromatic rings. The fourth-order valence-corrected chi connectivity index (χ4v) is 8.52. The van der Waals surface area contributed by atoms with Crippen LogP contribution in [0.5, 0.6) is 5.75 Å². The Morgan fingerprint density at radius 3 is 2.51 bits per heavy atom. The van der Waals surface area contributed by atoms with E-state index in [0.717, 1.165) is 11.1 Å². The molecule has 2 aliphatic rings. The third kappa shape index (κ3) is 9.59. The molecule has 268 valence electrons. The van der Waals surface area contributed by atoms with Gasteiger partial charge in [-0.3, -0.25) is 15.0 Å². The number of carbonyl (C=O) groups is 2. The monoisotopic (exact) mass is 775 g/mol. The number of fused-ring (bicyclic) bond motifs is 1. The second-order valence-corrected chi connectivity index (χ2v) is 14.4. The normalized spacial score (nSPS) is 16.8. The summed E-state index contributed by atoms with van der Waals surface area (Å²) in [7, 11) is -4.17. The van der Waals surface area contributed by atoms with Crippen molar-refractivity contribution in [1.29, 1.82) is 5.41 Å². The first-order chi connectivity index (χ1) is 22.5. The number of hydrogen-bond acceptors (Lipinski definition) is 7. The van der Waals surface area contributed by atoms with Gasteiger partial charge < -0.3 is 26.0 Å². The van der Waals surface area contributed by atoms with Gasteiger partial charge in [-0.15, -0.1) is 24.8 Å². The number of para-hydroxylation sites is 1. The number of nitrogens with two attached hydrogens (primary N) is 1. The Morgan fingerprint density at radius 1 is 1.06 bits per heavy atom. The molecule has 2 amide bonds. The minimum absolute atomic E-state index is 0. The molecule has 0 saturated carbocycles. The smallest absolute Gasteiger partial charge is 0.245 e. The molecule has 0 unspecified atom stereocenters. The molecule has 2 saturated heterocycles. The van der Waals surface area contributed by atoms with Gasteiger partial charge in [0.05, 0.1) is 5.02 Å². The predicted octanol–water partition coefficient (Wildman–Crippen LogP) is 4.80. The number of likely N-dealkylation sites (tertiary alicyclic amines) is 1. The molecule has 2 aliphatic heterocycles. The van der Waals surface area contributed by atoms with Crippen LogP contribution in [0.2, 0.25) is 10.0 Å². The number of carbonyl (C=O) groups excluding carboxylic acids is 2. The minimum atomic E-state index is -4.17. The summed E-state index contributed by atoms with van der Waals surface area (Å²) in [5.41, 5.74) is 7.08. The summed E-state index contributed by atoms with van der Waals surface area (Å²) in [5, 5.41) is 14.0. The summed E-state index contributed by atoms with van der Waals surface area (Å²) < 4.78 is 35.2. The van der Waals surface area contributed by atoms with Gasteiger partial charge in [0.2, 0.25) is 21.8 Å². The van der Waals surface area contributed by atoms with Crippen molar-refractivity contribution in [1.82, 2.24) is 24.8 Å². The van der Waals surface area contributed by atoms with Crippen LogP contribution >= 0.6 is 48.0 Å². The average molecular weight is 778 g/mol. The zero-order valence-corrected chi connectivity index (χ0v) is 30.9. The van der Waals surface area contributed by atoms with E-state index in [1.165, 1.54) is 16.4 Å². The number of nitrogens with one attached hydrogen (secondary N) is 3. The molecule has 2 fully saturated rings. The maximum Gasteiger partial charge on any atom is 0.245 e. The van der Waals surface area contributed by atoms with Crippen LogP contribution in [0.15, 0.2) is 47.4 Å². The summed E-state index contributed by atoms with van der Waals surface area (Å²) in [6, 6.07) is 11.2. The summed E-state index contributed by atoms with van der Waals surface area (Å²) in [6.45, 7) is 3.42. The van der Waals surface area contributed by atoms with Gasteiger partial charge in [0.1, 0.15) is 28.8 Å². The summed E-state index contributed by atoms with van der Waals surface area (Å²) in [4.78, 5) is 32.2. The molecule has 49 heavy (non-hydrogen) atoms. The van der Waals surface area contributed by atoms with E-state index in [0.29, 0.717) is 75.0 Å². The van der Waals surface area contributed by atoms with Gasteiger partial charge in [0.15, 0.2) is 5.96 Å². The van der Waals surface area contributed by atoms with Crippen LogP contribution in [0, 0.1) is 12.3 Å². The fourth-order valence-electron chi connectivity index (χ4n) is 6.00. The molecule has 0 spiro atoms. The molecule has 12 nitrogen and oxygen atoms in total. The Balaban J connectivity index is 0.00000325. The van der Waals surface area contributed by atoms with Gasteiger partial charge in [-0.05, 0) is 63.3 Å². The number of piperidine rings is 1. The first-order valence-electron chi connectivity index (χ1n) is 15.6. The third-order valence-corrected chi connectivity index (χ3v) is 11.4. The first-order valence-corrected chi connectivity index (χ1v) is 17.8. The second-order valence-electron chi connectivity index (χ2n) is 11.8. The number of hydrogen-bond donors (Lipinski definition) is 4. The largest absolute Gasteiger partial charge is 0.487 e. The Labute approximate surface area is 308 Å². The topological polar surface area (TPSA) is 171 Å². The van der Waals surface area contributed by atoms with Crippen LogP contribution in [-0.4, -0.2) is 78.6 Å². The highest BCUT2D eigenvalue weighted by Gasteiger charge is 2.41. The fraction of sp³-hybridized carbons (Fsp3) is 0.438. The van der Waals surface area contributed by atoms with E-state index in [9.17, 15) is 18.0 Å². The zero-order valence-electron chi connectivity index (χ0n) is 26.9. The first kappa shape index (κ1) is 40.4. The van der Waals surface area contributed by atoms with Gasteiger partial charge in [0.25, 0.3) is 0 Å². The molecular formula is C32H41Cl4N7O5S. The van der Waals surface area contributed by atoms with E-state index in [2.05, 4.69) is 15.6 Å². The van der Waals surface area contributed by atoms with E-state index in [1.54, 1.807) is 11.0 Å². The van der Waals surface area contributed by atoms with Crippen LogP contribution in [0.4, 0.5) is 0 Å². The lowest BCUT2D eigenvalue weighted by Gasteiger charge is -2.33.